The molecule has 1 aromatic carbocycles. The maximum atomic E-state index is 12.5. The number of aryl methyl sites for hydroxylation is 1. The number of nitrogens with zero attached hydrogens (tertiary/aromatic N) is 2. The minimum absolute atomic E-state index is 0.0499. The molecule has 25 heavy (non-hydrogen) atoms. The van der Waals surface area contributed by atoms with Crippen molar-refractivity contribution in [1.82, 2.24) is 15.1 Å². The SMILES string of the molecule is C#CCOc1ccc(C(=O)NC2CCOC(c3ccnn3C)C2)cc1. The number of rotatable bonds is 5. The maximum absolute atomic E-state index is 12.5. The van der Waals surface area contributed by atoms with Crippen LogP contribution in [0.2, 0.25) is 0 Å². The van der Waals surface area contributed by atoms with Crippen molar-refractivity contribution in [2.75, 3.05) is 13.2 Å². The number of carbonyl (C=O) groups is 1. The second-order valence-electron chi connectivity index (χ2n) is 5.95. The fourth-order valence-electron chi connectivity index (χ4n) is 2.93. The lowest BCUT2D eigenvalue weighted by Gasteiger charge is -2.30. The van der Waals surface area contributed by atoms with E-state index in [1.165, 1.54) is 0 Å². The molecule has 0 bridgehead atoms. The van der Waals surface area contributed by atoms with Gasteiger partial charge in [-0.2, -0.15) is 5.10 Å². The molecule has 2 heterocycles. The summed E-state index contributed by atoms with van der Waals surface area (Å²) in [4.78, 5) is 12.5. The van der Waals surface area contributed by atoms with Crippen molar-refractivity contribution in [2.24, 2.45) is 7.05 Å². The first-order valence-corrected chi connectivity index (χ1v) is 8.24. The number of nitrogens with one attached hydrogen (secondary N) is 1. The number of benzene rings is 1. The minimum atomic E-state index is -0.0980. The molecule has 1 aliphatic heterocycles. The molecular weight excluding hydrogens is 318 g/mol. The number of ether oxygens (including phenoxy) is 2. The highest BCUT2D eigenvalue weighted by atomic mass is 16.5. The number of hydrogen-bond donors (Lipinski definition) is 1. The number of aromatic nitrogens is 2. The van der Waals surface area contributed by atoms with Crippen LogP contribution in [-0.2, 0) is 11.8 Å². The van der Waals surface area contributed by atoms with E-state index in [-0.39, 0.29) is 24.7 Å². The Hall–Kier alpha value is -2.78. The van der Waals surface area contributed by atoms with Gasteiger partial charge in [-0.3, -0.25) is 9.48 Å². The molecule has 1 N–H and O–H groups in total. The zero-order chi connectivity index (χ0) is 17.6. The normalized spacial score (nSPS) is 19.8. The maximum Gasteiger partial charge on any atom is 0.251 e. The van der Waals surface area contributed by atoms with Crippen LogP contribution in [0.5, 0.6) is 5.75 Å². The monoisotopic (exact) mass is 339 g/mol. The van der Waals surface area contributed by atoms with Gasteiger partial charge in [0.2, 0.25) is 0 Å². The molecule has 0 saturated carbocycles. The highest BCUT2D eigenvalue weighted by Crippen LogP contribution is 2.27. The standard InChI is InChI=1S/C19H21N3O3/c1-3-11-24-16-6-4-14(5-7-16)19(23)21-15-9-12-25-18(13-15)17-8-10-20-22(17)2/h1,4-8,10,15,18H,9,11-13H2,2H3,(H,21,23). The van der Waals surface area contributed by atoms with Gasteiger partial charge >= 0.3 is 0 Å². The lowest BCUT2D eigenvalue weighted by Crippen LogP contribution is -2.40. The molecule has 2 atom stereocenters. The highest BCUT2D eigenvalue weighted by molar-refractivity contribution is 5.94. The molecule has 1 amide bonds. The van der Waals surface area contributed by atoms with Gasteiger partial charge in [0.05, 0.1) is 5.69 Å². The average molecular weight is 339 g/mol. The van der Waals surface area contributed by atoms with E-state index in [0.29, 0.717) is 17.9 Å². The summed E-state index contributed by atoms with van der Waals surface area (Å²) in [6.45, 7) is 0.822. The van der Waals surface area contributed by atoms with Gasteiger partial charge in [-0.25, -0.2) is 0 Å². The van der Waals surface area contributed by atoms with Gasteiger partial charge < -0.3 is 14.8 Å². The van der Waals surface area contributed by atoms with Crippen LogP contribution in [0, 0.1) is 12.3 Å². The molecule has 1 aromatic heterocycles. The van der Waals surface area contributed by atoms with E-state index >= 15 is 0 Å². The molecule has 1 aliphatic rings. The van der Waals surface area contributed by atoms with E-state index in [4.69, 9.17) is 15.9 Å². The van der Waals surface area contributed by atoms with E-state index in [0.717, 1.165) is 18.5 Å². The Morgan fingerprint density at radius 2 is 2.24 bits per heavy atom. The summed E-state index contributed by atoms with van der Waals surface area (Å²) in [5.74, 6) is 2.96. The van der Waals surface area contributed by atoms with Crippen molar-refractivity contribution in [1.29, 1.82) is 0 Å². The van der Waals surface area contributed by atoms with Gasteiger partial charge in [0, 0.05) is 31.5 Å². The first-order valence-electron chi connectivity index (χ1n) is 8.24. The van der Waals surface area contributed by atoms with Gasteiger partial charge in [0.1, 0.15) is 18.5 Å². The van der Waals surface area contributed by atoms with Crippen LogP contribution in [-0.4, -0.2) is 34.9 Å². The summed E-state index contributed by atoms with van der Waals surface area (Å²) < 4.78 is 13.0. The molecule has 0 spiro atoms. The molecule has 3 rings (SSSR count). The quantitative estimate of drug-likeness (QED) is 0.847. The molecule has 130 valence electrons. The van der Waals surface area contributed by atoms with Crippen molar-refractivity contribution in [3.05, 3.63) is 47.8 Å². The second kappa shape index (κ2) is 7.86. The zero-order valence-electron chi connectivity index (χ0n) is 14.1. The largest absolute Gasteiger partial charge is 0.481 e. The van der Waals surface area contributed by atoms with Crippen LogP contribution in [0.15, 0.2) is 36.5 Å². The smallest absolute Gasteiger partial charge is 0.251 e. The third-order valence-corrected chi connectivity index (χ3v) is 4.25. The lowest BCUT2D eigenvalue weighted by molar-refractivity contribution is -0.00353. The van der Waals surface area contributed by atoms with E-state index in [1.54, 1.807) is 30.5 Å². The van der Waals surface area contributed by atoms with Gasteiger partial charge in [0.25, 0.3) is 5.91 Å². The van der Waals surface area contributed by atoms with Gasteiger partial charge in [-0.1, -0.05) is 5.92 Å². The molecule has 0 radical (unpaired) electrons. The summed E-state index contributed by atoms with van der Waals surface area (Å²) in [6, 6.07) is 8.98. The van der Waals surface area contributed by atoms with Crippen molar-refractivity contribution >= 4 is 5.91 Å². The molecule has 6 nitrogen and oxygen atoms in total. The predicted molar refractivity (Wildman–Crippen MR) is 93.2 cm³/mol. The molecular formula is C19H21N3O3. The third-order valence-electron chi connectivity index (χ3n) is 4.25. The van der Waals surface area contributed by atoms with Gasteiger partial charge in [-0.05, 0) is 43.2 Å². The fourth-order valence-corrected chi connectivity index (χ4v) is 2.93. The summed E-state index contributed by atoms with van der Waals surface area (Å²) in [6.07, 6.45) is 8.39. The first kappa shape index (κ1) is 17.1. The van der Waals surface area contributed by atoms with E-state index in [1.807, 2.05) is 17.8 Å². The number of hydrogen-bond acceptors (Lipinski definition) is 4. The van der Waals surface area contributed by atoms with Crippen LogP contribution in [0.4, 0.5) is 0 Å². The van der Waals surface area contributed by atoms with Crippen molar-refractivity contribution < 1.29 is 14.3 Å². The molecule has 0 aliphatic carbocycles. The fraction of sp³-hybridized carbons (Fsp3) is 0.368. The second-order valence-corrected chi connectivity index (χ2v) is 5.95. The lowest BCUT2D eigenvalue weighted by atomic mass is 10.0. The summed E-state index contributed by atoms with van der Waals surface area (Å²) in [7, 11) is 1.89. The zero-order valence-corrected chi connectivity index (χ0v) is 14.1. The molecule has 1 fully saturated rings. The minimum Gasteiger partial charge on any atom is -0.481 e. The van der Waals surface area contributed by atoms with Crippen LogP contribution in [0.1, 0.15) is 35.0 Å². The Balaban J connectivity index is 1.59. The van der Waals surface area contributed by atoms with Crippen LogP contribution in [0.25, 0.3) is 0 Å². The Kier molecular flexibility index (Phi) is 5.36. The van der Waals surface area contributed by atoms with Crippen molar-refractivity contribution in [3.63, 3.8) is 0 Å². The van der Waals surface area contributed by atoms with Crippen molar-refractivity contribution in [3.8, 4) is 18.1 Å². The topological polar surface area (TPSA) is 65.4 Å². The van der Waals surface area contributed by atoms with Gasteiger partial charge in [-0.15, -0.1) is 6.42 Å². The Labute approximate surface area is 147 Å². The Morgan fingerprint density at radius 3 is 2.92 bits per heavy atom. The highest BCUT2D eigenvalue weighted by Gasteiger charge is 2.27. The Bertz CT molecular complexity index is 761. The summed E-state index contributed by atoms with van der Waals surface area (Å²) >= 11 is 0. The van der Waals surface area contributed by atoms with Crippen LogP contribution >= 0.6 is 0 Å². The molecule has 2 unspecified atom stereocenters. The van der Waals surface area contributed by atoms with E-state index < -0.39 is 0 Å². The summed E-state index contributed by atoms with van der Waals surface area (Å²) in [5, 5.41) is 7.27. The number of carbonyl (C=O) groups excluding carboxylic acids is 1. The average Bonchev–Trinajstić information content (AvgIpc) is 3.06. The molecule has 2 aromatic rings. The third kappa shape index (κ3) is 4.20. The van der Waals surface area contributed by atoms with E-state index in [2.05, 4.69) is 16.3 Å². The first-order chi connectivity index (χ1) is 12.2. The number of terminal acetylenes is 1. The van der Waals surface area contributed by atoms with Crippen LogP contribution in [0.3, 0.4) is 0 Å². The predicted octanol–water partition coefficient (Wildman–Crippen LogP) is 2.08. The Morgan fingerprint density at radius 1 is 1.44 bits per heavy atom. The van der Waals surface area contributed by atoms with Crippen molar-refractivity contribution in [2.45, 2.75) is 25.0 Å². The summed E-state index contributed by atoms with van der Waals surface area (Å²) in [5.41, 5.74) is 1.62. The van der Waals surface area contributed by atoms with Crippen LogP contribution < -0.4 is 10.1 Å². The molecule has 1 saturated heterocycles. The van der Waals surface area contributed by atoms with E-state index in [9.17, 15) is 4.79 Å². The molecule has 6 heteroatoms. The van der Waals surface area contributed by atoms with Gasteiger partial charge in [0.15, 0.2) is 0 Å². The number of amides is 1.